The van der Waals surface area contributed by atoms with Gasteiger partial charge in [-0.05, 0) is 46.5 Å². The maximum atomic E-state index is 12.4. The summed E-state index contributed by atoms with van der Waals surface area (Å²) in [6.45, 7) is 7.06. The van der Waals surface area contributed by atoms with E-state index in [1.54, 1.807) is 0 Å². The van der Waals surface area contributed by atoms with Crippen LogP contribution in [-0.2, 0) is 9.53 Å². The lowest BCUT2D eigenvalue weighted by Gasteiger charge is -2.21. The van der Waals surface area contributed by atoms with Crippen molar-refractivity contribution in [2.75, 3.05) is 6.61 Å². The smallest absolute Gasteiger partial charge is 0.135 e. The quantitative estimate of drug-likeness (QED) is 0.624. The van der Waals surface area contributed by atoms with Gasteiger partial charge in [-0.2, -0.15) is 0 Å². The molecule has 0 N–H and O–H groups in total. The Hall–Kier alpha value is -0.370. The molecule has 0 spiro atoms. The van der Waals surface area contributed by atoms with Crippen LogP contribution in [0.4, 0.5) is 0 Å². The highest BCUT2D eigenvalue weighted by molar-refractivity contribution is 5.80. The summed E-state index contributed by atoms with van der Waals surface area (Å²) in [5.41, 5.74) is -0.0590. The fourth-order valence-electron chi connectivity index (χ4n) is 3.13. The number of hydrogen-bond donors (Lipinski definition) is 0. The molecule has 0 aromatic carbocycles. The number of ether oxygens (including phenoxy) is 1. The molecule has 1 atom stereocenters. The summed E-state index contributed by atoms with van der Waals surface area (Å²) in [6, 6.07) is 0. The summed E-state index contributed by atoms with van der Waals surface area (Å²) < 4.78 is 5.78. The molecule has 1 aliphatic carbocycles. The molecule has 1 aliphatic rings. The number of ketones is 1. The van der Waals surface area contributed by atoms with E-state index in [4.69, 9.17) is 4.74 Å². The third kappa shape index (κ3) is 10.1. The van der Waals surface area contributed by atoms with E-state index in [1.165, 1.54) is 44.9 Å². The molecule has 1 unspecified atom stereocenters. The molecule has 2 heteroatoms. The van der Waals surface area contributed by atoms with Gasteiger partial charge in [0.1, 0.15) is 5.78 Å². The molecule has 0 aromatic heterocycles. The lowest BCUT2D eigenvalue weighted by Crippen LogP contribution is -2.21. The van der Waals surface area contributed by atoms with E-state index in [0.29, 0.717) is 11.7 Å². The molecule has 1 rings (SSSR count). The van der Waals surface area contributed by atoms with E-state index in [9.17, 15) is 4.79 Å². The van der Waals surface area contributed by atoms with Crippen LogP contribution in [-0.4, -0.2) is 18.0 Å². The highest BCUT2D eigenvalue weighted by Crippen LogP contribution is 2.22. The van der Waals surface area contributed by atoms with Crippen LogP contribution in [0.25, 0.3) is 0 Å². The average molecular weight is 296 g/mol. The monoisotopic (exact) mass is 296 g/mol. The van der Waals surface area contributed by atoms with Gasteiger partial charge in [0.15, 0.2) is 0 Å². The molecule has 0 bridgehead atoms. The fraction of sp³-hybridized carbons (Fsp3) is 0.947. The Bertz CT molecular complexity index is 278. The Morgan fingerprint density at radius 2 is 1.52 bits per heavy atom. The first kappa shape index (κ1) is 18.7. The van der Waals surface area contributed by atoms with Gasteiger partial charge in [-0.25, -0.2) is 0 Å². The standard InChI is InChI=1S/C19H36O2/c1-19(2,3)21-16-12-14-17-13-10-8-6-4-5-7-9-11-15-18(17)20/h17H,4-16H2,1-3H3. The SMILES string of the molecule is CC(C)(C)OCCCC1CCCCCCCCCCC1=O. The molecule has 0 saturated heterocycles. The molecular formula is C19H36O2. The minimum atomic E-state index is -0.0590. The number of carbonyl (C=O) groups excluding carboxylic acids is 1. The molecule has 0 radical (unpaired) electrons. The minimum Gasteiger partial charge on any atom is -0.376 e. The molecular weight excluding hydrogens is 260 g/mol. The summed E-state index contributed by atoms with van der Waals surface area (Å²) in [5.74, 6) is 0.819. The van der Waals surface area contributed by atoms with Crippen molar-refractivity contribution in [3.05, 3.63) is 0 Å². The lowest BCUT2D eigenvalue weighted by atomic mass is 9.88. The fourth-order valence-corrected chi connectivity index (χ4v) is 3.13. The molecule has 21 heavy (non-hydrogen) atoms. The summed E-state index contributed by atoms with van der Waals surface area (Å²) in [5, 5.41) is 0. The van der Waals surface area contributed by atoms with Gasteiger partial charge in [0.25, 0.3) is 0 Å². The van der Waals surface area contributed by atoms with Crippen molar-refractivity contribution in [2.45, 2.75) is 103 Å². The lowest BCUT2D eigenvalue weighted by molar-refractivity contribution is -0.123. The van der Waals surface area contributed by atoms with Crippen molar-refractivity contribution in [3.63, 3.8) is 0 Å². The summed E-state index contributed by atoms with van der Waals surface area (Å²) in [7, 11) is 0. The maximum absolute atomic E-state index is 12.4. The first-order valence-electron chi connectivity index (χ1n) is 9.16. The Morgan fingerprint density at radius 3 is 2.14 bits per heavy atom. The summed E-state index contributed by atoms with van der Waals surface area (Å²) in [4.78, 5) is 12.4. The Balaban J connectivity index is 2.32. The first-order chi connectivity index (χ1) is 9.99. The molecule has 0 aromatic rings. The molecule has 1 fully saturated rings. The van der Waals surface area contributed by atoms with Crippen LogP contribution in [0.15, 0.2) is 0 Å². The van der Waals surface area contributed by atoms with Gasteiger partial charge in [-0.1, -0.05) is 44.9 Å². The Morgan fingerprint density at radius 1 is 0.952 bits per heavy atom. The van der Waals surface area contributed by atoms with E-state index >= 15 is 0 Å². The van der Waals surface area contributed by atoms with Gasteiger partial charge in [0.2, 0.25) is 0 Å². The van der Waals surface area contributed by atoms with Crippen LogP contribution in [0.3, 0.4) is 0 Å². The Kier molecular flexibility index (Phi) is 9.23. The normalized spacial score (nSPS) is 23.4. The molecule has 2 nitrogen and oxygen atoms in total. The first-order valence-corrected chi connectivity index (χ1v) is 9.16. The van der Waals surface area contributed by atoms with E-state index in [1.807, 2.05) is 0 Å². The van der Waals surface area contributed by atoms with Crippen LogP contribution >= 0.6 is 0 Å². The van der Waals surface area contributed by atoms with Crippen LogP contribution in [0, 0.1) is 5.92 Å². The minimum absolute atomic E-state index is 0.0590. The highest BCUT2D eigenvalue weighted by atomic mass is 16.5. The average Bonchev–Trinajstić information content (AvgIpc) is 2.40. The number of rotatable bonds is 4. The summed E-state index contributed by atoms with van der Waals surface area (Å²) in [6.07, 6.45) is 14.3. The van der Waals surface area contributed by atoms with Crippen molar-refractivity contribution in [1.82, 2.24) is 0 Å². The van der Waals surface area contributed by atoms with Crippen LogP contribution < -0.4 is 0 Å². The van der Waals surface area contributed by atoms with Crippen LogP contribution in [0.2, 0.25) is 0 Å². The summed E-state index contributed by atoms with van der Waals surface area (Å²) >= 11 is 0. The molecule has 0 amide bonds. The van der Waals surface area contributed by atoms with Gasteiger partial charge in [0, 0.05) is 18.9 Å². The van der Waals surface area contributed by atoms with Crippen molar-refractivity contribution in [3.8, 4) is 0 Å². The predicted molar refractivity (Wildman–Crippen MR) is 89.6 cm³/mol. The second-order valence-electron chi connectivity index (χ2n) is 7.63. The molecule has 1 saturated carbocycles. The van der Waals surface area contributed by atoms with E-state index < -0.39 is 0 Å². The van der Waals surface area contributed by atoms with Gasteiger partial charge in [-0.15, -0.1) is 0 Å². The number of carbonyl (C=O) groups is 1. The third-order valence-electron chi connectivity index (χ3n) is 4.41. The maximum Gasteiger partial charge on any atom is 0.135 e. The zero-order valence-electron chi connectivity index (χ0n) is 14.6. The van der Waals surface area contributed by atoms with E-state index in [2.05, 4.69) is 20.8 Å². The van der Waals surface area contributed by atoms with Crippen LogP contribution in [0.1, 0.15) is 97.8 Å². The van der Waals surface area contributed by atoms with Crippen molar-refractivity contribution < 1.29 is 9.53 Å². The second-order valence-corrected chi connectivity index (χ2v) is 7.63. The van der Waals surface area contributed by atoms with E-state index in [0.717, 1.165) is 38.7 Å². The van der Waals surface area contributed by atoms with E-state index in [-0.39, 0.29) is 5.60 Å². The number of hydrogen-bond acceptors (Lipinski definition) is 2. The van der Waals surface area contributed by atoms with Crippen molar-refractivity contribution in [2.24, 2.45) is 5.92 Å². The van der Waals surface area contributed by atoms with Crippen molar-refractivity contribution >= 4 is 5.78 Å². The molecule has 0 heterocycles. The predicted octanol–water partition coefficient (Wildman–Crippen LogP) is 5.68. The zero-order valence-corrected chi connectivity index (χ0v) is 14.6. The molecule has 124 valence electrons. The highest BCUT2D eigenvalue weighted by Gasteiger charge is 2.18. The number of Topliss-reactive ketones (excluding diaryl/α,β-unsaturated/α-hetero) is 1. The largest absolute Gasteiger partial charge is 0.376 e. The van der Waals surface area contributed by atoms with Gasteiger partial charge in [-0.3, -0.25) is 4.79 Å². The third-order valence-corrected chi connectivity index (χ3v) is 4.41. The van der Waals surface area contributed by atoms with Gasteiger partial charge < -0.3 is 4.74 Å². The van der Waals surface area contributed by atoms with Gasteiger partial charge >= 0.3 is 0 Å². The van der Waals surface area contributed by atoms with Crippen molar-refractivity contribution in [1.29, 1.82) is 0 Å². The van der Waals surface area contributed by atoms with Crippen LogP contribution in [0.5, 0.6) is 0 Å². The van der Waals surface area contributed by atoms with Gasteiger partial charge in [0.05, 0.1) is 5.60 Å². The molecule has 0 aliphatic heterocycles. The topological polar surface area (TPSA) is 26.3 Å². The zero-order chi connectivity index (χ0) is 15.6. The Labute approximate surface area is 132 Å². The second kappa shape index (κ2) is 10.4.